The van der Waals surface area contributed by atoms with Gasteiger partial charge in [-0.25, -0.2) is 4.79 Å². The topological polar surface area (TPSA) is 717 Å². The standard InChI is InChI=1S/C94H122N24O21S/c1-50(121)77-89(135)113-70(42-56-46-104-62-29-14-11-26-59(56)62)85(131)110-67(39-53-22-7-4-8-23-53)84(130)108-64(31-17-35-100-93(95)96)81(127)111-68(40-54-44-102-60-27-12-9-24-57(54)60)79(125)99-34-16-15-30-63(107-83(129)66(105-76(124)48-120)38-52-20-5-3-6-21-52)80(126)112-69(41-55-45-103-61-28-13-10-25-58(55)61)86(132)114-71(43-75(123)106-73(49-140)87(133)116-78(51(2)122)90(136)117-77)91(137)118-37-19-33-74(118)88(134)109-65(32-18-36-101-94(97)98)82(128)115-72(47-119)92(138)139/h3-14,20-29,44-46,50-51,63-74,77-78,102-104,119-122,140H,15-19,30-43,47-49H2,1-2H3,(H,99,125)(H,105,124)(H,106,123)(H,107,129)(H,108,130)(H,109,134)(H,110,131)(H,111,127)(H,112,126)(H,113,135)(H,114,132)(H,115,128)(H,116,133)(H,117,136)(H,138,139)(H4,95,96,100)(H4,97,98,101)/t50-,51-,63+,64+,65+,66+,67+,68+,69+,70+,71+,72+,73+,74+,77+,78+/m1/s1. The maximum atomic E-state index is 15.9. The summed E-state index contributed by atoms with van der Waals surface area (Å²) in [6.07, 6.45) is -2.47. The van der Waals surface area contributed by atoms with Crippen LogP contribution >= 0.6 is 12.6 Å². The molecular formula is C94H122N24O21S. The summed E-state index contributed by atoms with van der Waals surface area (Å²) in [6, 6.07) is 13.1. The van der Waals surface area contributed by atoms with E-state index in [1.807, 2.05) is 0 Å². The molecule has 0 aliphatic carbocycles. The molecule has 140 heavy (non-hydrogen) atoms. The highest BCUT2D eigenvalue weighted by Crippen LogP contribution is 2.26. The number of aliphatic hydroxyl groups excluding tert-OH is 4. The summed E-state index contributed by atoms with van der Waals surface area (Å²) in [5, 5.41) is 111. The van der Waals surface area contributed by atoms with Crippen LogP contribution in [0.3, 0.4) is 0 Å². The lowest BCUT2D eigenvalue weighted by Gasteiger charge is -2.31. The van der Waals surface area contributed by atoms with Crippen LogP contribution in [-0.2, 0) is 109 Å². The average Bonchev–Trinajstić information content (AvgIpc) is 1.67. The number of amides is 15. The number of aromatic amines is 3. The normalized spacial score (nSPS) is 21.8. The first-order valence-electron chi connectivity index (χ1n) is 45.9. The fraction of sp³-hybridized carbons (Fsp3) is 0.426. The van der Waals surface area contributed by atoms with E-state index in [2.05, 4.69) is 113 Å². The van der Waals surface area contributed by atoms with E-state index < -0.39 is 235 Å². The SMILES string of the molecule is C[C@@H](O)[C@@H]1NC(=O)[C@H](CS)NC(=O)C[C@@H](C(=O)N2CCC[C@H]2C(=O)N[C@@H](CCCNC(=N)N)C(=O)N[C@@H](CO)C(=O)O)NC(=O)[C@H](Cc2c[nH]c3ccccc23)NC(=O)[C@@H](NC(=O)[C@H](Cc2ccccc2)NC(=O)CO)CCCCNC(=O)[C@H](Cc2c[nH]c3ccccc23)NC(=O)[C@H](CCCNC(=N)N)NC(=O)[C@H](Cc2ccccc2)NC(=O)[C@H](Cc2c[nH]c3ccccc23)NC(=O)[C@H]([C@@H](C)O)NC1=O. The summed E-state index contributed by atoms with van der Waals surface area (Å²) < 4.78 is 0. The predicted molar refractivity (Wildman–Crippen MR) is 515 cm³/mol. The minimum Gasteiger partial charge on any atom is -0.480 e. The van der Waals surface area contributed by atoms with E-state index in [0.717, 1.165) is 18.7 Å². The van der Waals surface area contributed by atoms with Crippen LogP contribution in [0.15, 0.2) is 152 Å². The largest absolute Gasteiger partial charge is 0.480 e. The van der Waals surface area contributed by atoms with Crippen molar-refractivity contribution in [1.82, 2.24) is 105 Å². The zero-order valence-corrected chi connectivity index (χ0v) is 77.9. The van der Waals surface area contributed by atoms with Gasteiger partial charge in [0, 0.05) is 115 Å². The van der Waals surface area contributed by atoms with Crippen molar-refractivity contribution in [2.24, 2.45) is 11.5 Å². The number of guanidine groups is 2. The van der Waals surface area contributed by atoms with Crippen LogP contribution in [0, 0.1) is 10.8 Å². The first-order chi connectivity index (χ1) is 67.1. The lowest BCUT2D eigenvalue weighted by molar-refractivity contribution is -0.144. The van der Waals surface area contributed by atoms with Crippen molar-refractivity contribution in [3.63, 3.8) is 0 Å². The van der Waals surface area contributed by atoms with E-state index in [9.17, 15) is 59.1 Å². The maximum Gasteiger partial charge on any atom is 0.328 e. The molecule has 15 amide bonds. The van der Waals surface area contributed by atoms with Crippen molar-refractivity contribution in [2.75, 3.05) is 45.1 Å². The number of carbonyl (C=O) groups is 16. The summed E-state index contributed by atoms with van der Waals surface area (Å²) in [6.45, 7) is -0.508. The van der Waals surface area contributed by atoms with Crippen LogP contribution in [0.1, 0.15) is 106 Å². The van der Waals surface area contributed by atoms with Gasteiger partial charge in [-0.05, 0) is 118 Å². The Labute approximate surface area is 809 Å². The zero-order chi connectivity index (χ0) is 101. The van der Waals surface area contributed by atoms with Crippen molar-refractivity contribution in [2.45, 2.75) is 207 Å². The third kappa shape index (κ3) is 31.0. The summed E-state index contributed by atoms with van der Waals surface area (Å²) >= 11 is 4.35. The molecule has 0 radical (unpaired) electrons. The molecule has 0 bridgehead atoms. The summed E-state index contributed by atoms with van der Waals surface area (Å²) in [4.78, 5) is 248. The molecule has 2 aliphatic heterocycles. The zero-order valence-electron chi connectivity index (χ0n) is 77.0. The van der Waals surface area contributed by atoms with E-state index in [-0.39, 0.29) is 110 Å². The molecule has 0 spiro atoms. The molecule has 2 aliphatic rings. The highest BCUT2D eigenvalue weighted by atomic mass is 32.1. The molecule has 5 aromatic carbocycles. The summed E-state index contributed by atoms with van der Waals surface area (Å²) in [5.41, 5.74) is 15.4. The molecule has 45 nitrogen and oxygen atoms in total. The van der Waals surface area contributed by atoms with Gasteiger partial charge in [0.1, 0.15) is 91.2 Å². The third-order valence-corrected chi connectivity index (χ3v) is 24.2. The Hall–Kier alpha value is -15.0. The molecule has 10 rings (SSSR count). The number of aliphatic carboxylic acids is 1. The van der Waals surface area contributed by atoms with Crippen LogP contribution in [0.25, 0.3) is 32.7 Å². The minimum absolute atomic E-state index is 0.00392. The van der Waals surface area contributed by atoms with Gasteiger partial charge in [0.2, 0.25) is 88.6 Å². The number of carboxylic acid groups (broad SMARTS) is 1. The number of thiol groups is 1. The summed E-state index contributed by atoms with van der Waals surface area (Å²) in [7, 11) is 0. The highest BCUT2D eigenvalue weighted by molar-refractivity contribution is 7.80. The van der Waals surface area contributed by atoms with E-state index in [4.69, 9.17) is 22.3 Å². The Morgan fingerprint density at radius 1 is 0.486 bits per heavy atom. The number of H-pyrrole nitrogens is 3. The molecule has 46 heteroatoms. The van der Waals surface area contributed by atoms with Gasteiger partial charge in [0.15, 0.2) is 11.9 Å². The number of carbonyl (C=O) groups excluding carboxylic acids is 15. The van der Waals surface area contributed by atoms with Crippen LogP contribution in [0.2, 0.25) is 0 Å². The second kappa shape index (κ2) is 52.5. The number of aliphatic hydroxyl groups is 4. The third-order valence-electron chi connectivity index (χ3n) is 23.9. The number of rotatable bonds is 32. The number of aromatic nitrogens is 3. The molecule has 0 unspecified atom stereocenters. The lowest BCUT2D eigenvalue weighted by atomic mass is 10.0. The Kier molecular flexibility index (Phi) is 40.1. The Balaban J connectivity index is 1.06. The number of nitrogens with zero attached hydrogens (tertiary/aromatic N) is 1. The Morgan fingerprint density at radius 2 is 0.950 bits per heavy atom. The van der Waals surface area contributed by atoms with Crippen LogP contribution < -0.4 is 96.5 Å². The minimum atomic E-state index is -2.13. The number of nitrogens with one attached hydrogen (secondary N) is 21. The fourth-order valence-corrected chi connectivity index (χ4v) is 16.7. The number of nitrogens with two attached hydrogens (primary N) is 2. The molecule has 2 fully saturated rings. The molecule has 3 aromatic heterocycles. The molecule has 5 heterocycles. The average molecular weight is 1960 g/mol. The number of carboxylic acids is 1. The Morgan fingerprint density at radius 3 is 1.47 bits per heavy atom. The van der Waals surface area contributed by atoms with Crippen LogP contribution in [-0.4, -0.2) is 294 Å². The first kappa shape index (κ1) is 107. The Bertz CT molecular complexity index is 5720. The second-order valence-electron chi connectivity index (χ2n) is 34.3. The van der Waals surface area contributed by atoms with Crippen LogP contribution in [0.5, 0.6) is 0 Å². The number of hydrogen-bond donors (Lipinski definition) is 29. The molecule has 0 saturated carbocycles. The summed E-state index contributed by atoms with van der Waals surface area (Å²) in [5.74, 6) is -19.4. The van der Waals surface area contributed by atoms with Crippen molar-refractivity contribution in [3.8, 4) is 0 Å². The fourth-order valence-electron chi connectivity index (χ4n) is 16.5. The van der Waals surface area contributed by atoms with Gasteiger partial charge >= 0.3 is 5.97 Å². The molecule has 2 saturated heterocycles. The molecule has 16 atom stereocenters. The number of hydrogen-bond acceptors (Lipinski definition) is 23. The van der Waals surface area contributed by atoms with E-state index in [1.165, 1.54) is 6.20 Å². The van der Waals surface area contributed by atoms with Gasteiger partial charge in [0.25, 0.3) is 0 Å². The highest BCUT2D eigenvalue weighted by Gasteiger charge is 2.44. The number of fused-ring (bicyclic) bond motifs is 3. The monoisotopic (exact) mass is 1950 g/mol. The number of likely N-dealkylation sites (tertiary alicyclic amines) is 1. The smallest absolute Gasteiger partial charge is 0.328 e. The number of para-hydroxylation sites is 3. The quantitative estimate of drug-likeness (QED) is 0.00825. The molecule has 8 aromatic rings. The van der Waals surface area contributed by atoms with Gasteiger partial charge in [0.05, 0.1) is 25.2 Å². The molecule has 30 N–H and O–H groups in total. The van der Waals surface area contributed by atoms with Gasteiger partial charge < -0.3 is 142 Å². The van der Waals surface area contributed by atoms with E-state index in [1.54, 1.807) is 146 Å². The maximum absolute atomic E-state index is 15.9. The van der Waals surface area contributed by atoms with Gasteiger partial charge in [-0.3, -0.25) is 82.7 Å². The number of benzene rings is 5. The van der Waals surface area contributed by atoms with Crippen molar-refractivity contribution >= 4 is 152 Å². The van der Waals surface area contributed by atoms with Crippen molar-refractivity contribution < 1.29 is 102 Å². The lowest BCUT2D eigenvalue weighted by Crippen LogP contribution is -2.63. The van der Waals surface area contributed by atoms with Gasteiger partial charge in [-0.15, -0.1) is 0 Å². The molecule has 750 valence electrons. The van der Waals surface area contributed by atoms with Crippen LogP contribution in [0.4, 0.5) is 0 Å². The van der Waals surface area contributed by atoms with Gasteiger partial charge in [-0.2, -0.15) is 12.6 Å². The second-order valence-corrected chi connectivity index (χ2v) is 34.7. The first-order valence-corrected chi connectivity index (χ1v) is 46.5. The van der Waals surface area contributed by atoms with E-state index in [0.29, 0.717) is 60.5 Å². The van der Waals surface area contributed by atoms with Gasteiger partial charge in [-0.1, -0.05) is 115 Å². The van der Waals surface area contributed by atoms with Crippen molar-refractivity contribution in [3.05, 3.63) is 180 Å². The molecular weight excluding hydrogens is 1830 g/mol. The predicted octanol–water partition coefficient (Wildman–Crippen LogP) is -4.09. The van der Waals surface area contributed by atoms with E-state index >= 15 is 43.2 Å². The van der Waals surface area contributed by atoms with Crippen molar-refractivity contribution in [1.29, 1.82) is 10.8 Å².